The monoisotopic (exact) mass is 316 g/mol. The summed E-state index contributed by atoms with van der Waals surface area (Å²) in [7, 11) is 0. The molecule has 0 saturated heterocycles. The molecule has 1 heterocycles. The lowest BCUT2D eigenvalue weighted by Gasteiger charge is -2.07. The Bertz CT molecular complexity index is 752. The number of carbonyl (C=O) groups excluding carboxylic acids is 1. The molecule has 1 aromatic heterocycles. The van der Waals surface area contributed by atoms with Crippen LogP contribution in [-0.2, 0) is 4.79 Å². The second-order valence-corrected chi connectivity index (χ2v) is 4.88. The van der Waals surface area contributed by atoms with E-state index in [1.54, 1.807) is 0 Å². The first-order valence-corrected chi connectivity index (χ1v) is 6.83. The molecule has 0 spiro atoms. The van der Waals surface area contributed by atoms with Gasteiger partial charge in [0, 0.05) is 5.69 Å². The largest absolute Gasteiger partial charge is 0.433 e. The Morgan fingerprint density at radius 2 is 2.09 bits per heavy atom. The van der Waals surface area contributed by atoms with E-state index >= 15 is 0 Å². The van der Waals surface area contributed by atoms with Gasteiger partial charge < -0.3 is 9.73 Å². The van der Waals surface area contributed by atoms with E-state index in [1.165, 1.54) is 23.9 Å². The number of nitrogens with one attached hydrogen (secondary N) is 2. The van der Waals surface area contributed by atoms with Gasteiger partial charge in [0.05, 0.1) is 18.8 Å². The highest BCUT2D eigenvalue weighted by atomic mass is 16.6. The molecule has 2 aromatic rings. The zero-order valence-electron chi connectivity index (χ0n) is 12.7. The summed E-state index contributed by atoms with van der Waals surface area (Å²) in [5, 5.41) is 17.1. The van der Waals surface area contributed by atoms with Crippen molar-refractivity contribution in [2.75, 3.05) is 11.9 Å². The molecule has 0 unspecified atom stereocenters. The Balaban J connectivity index is 1.81. The summed E-state index contributed by atoms with van der Waals surface area (Å²) in [5.41, 5.74) is 5.46. The first-order valence-electron chi connectivity index (χ1n) is 6.83. The Kier molecular flexibility index (Phi) is 5.08. The van der Waals surface area contributed by atoms with Crippen molar-refractivity contribution in [3.8, 4) is 0 Å². The molecule has 0 aliphatic carbocycles. The summed E-state index contributed by atoms with van der Waals surface area (Å²) < 4.78 is 4.87. The lowest BCUT2D eigenvalue weighted by atomic mass is 10.1. The maximum Gasteiger partial charge on any atom is 0.433 e. The van der Waals surface area contributed by atoms with Gasteiger partial charge in [-0.05, 0) is 43.2 Å². The SMILES string of the molecule is Cc1ccc(NCC(=O)N/N=C\c2ccc([N+](=O)[O-])o2)cc1C. The number of carbonyl (C=O) groups is 1. The van der Waals surface area contributed by atoms with Crippen molar-refractivity contribution < 1.29 is 14.1 Å². The fourth-order valence-electron chi connectivity index (χ4n) is 1.75. The van der Waals surface area contributed by atoms with Crippen LogP contribution >= 0.6 is 0 Å². The van der Waals surface area contributed by atoms with Crippen molar-refractivity contribution in [3.05, 3.63) is 57.3 Å². The average molecular weight is 316 g/mol. The molecule has 0 radical (unpaired) electrons. The third kappa shape index (κ3) is 4.67. The normalized spacial score (nSPS) is 10.7. The zero-order chi connectivity index (χ0) is 16.8. The number of aryl methyl sites for hydroxylation is 2. The number of rotatable bonds is 6. The van der Waals surface area contributed by atoms with Gasteiger partial charge in [-0.3, -0.25) is 14.9 Å². The van der Waals surface area contributed by atoms with Crippen LogP contribution in [0.3, 0.4) is 0 Å². The third-order valence-electron chi connectivity index (χ3n) is 3.13. The average Bonchev–Trinajstić information content (AvgIpc) is 2.97. The van der Waals surface area contributed by atoms with Gasteiger partial charge in [0.2, 0.25) is 0 Å². The number of hydrazone groups is 1. The van der Waals surface area contributed by atoms with E-state index < -0.39 is 4.92 Å². The van der Waals surface area contributed by atoms with Crippen LogP contribution in [0.4, 0.5) is 11.6 Å². The summed E-state index contributed by atoms with van der Waals surface area (Å²) in [6.07, 6.45) is 1.20. The van der Waals surface area contributed by atoms with Crippen LogP contribution in [-0.4, -0.2) is 23.6 Å². The maximum absolute atomic E-state index is 11.6. The Morgan fingerprint density at radius 1 is 1.30 bits per heavy atom. The second-order valence-electron chi connectivity index (χ2n) is 4.88. The van der Waals surface area contributed by atoms with E-state index in [9.17, 15) is 14.9 Å². The molecular formula is C15H16N4O4. The molecule has 1 aromatic carbocycles. The predicted octanol–water partition coefficient (Wildman–Crippen LogP) is 2.37. The maximum atomic E-state index is 11.6. The highest BCUT2D eigenvalue weighted by molar-refractivity contribution is 5.83. The van der Waals surface area contributed by atoms with Gasteiger partial charge in [-0.15, -0.1) is 0 Å². The quantitative estimate of drug-likeness (QED) is 0.483. The third-order valence-corrected chi connectivity index (χ3v) is 3.13. The summed E-state index contributed by atoms with van der Waals surface area (Å²) in [5.74, 6) is -0.547. The molecule has 0 bridgehead atoms. The van der Waals surface area contributed by atoms with Gasteiger partial charge >= 0.3 is 5.88 Å². The van der Waals surface area contributed by atoms with Gasteiger partial charge in [-0.25, -0.2) is 5.43 Å². The van der Waals surface area contributed by atoms with Crippen molar-refractivity contribution in [2.45, 2.75) is 13.8 Å². The van der Waals surface area contributed by atoms with Gasteiger partial charge in [-0.1, -0.05) is 6.07 Å². The number of hydrogen-bond donors (Lipinski definition) is 2. The van der Waals surface area contributed by atoms with Crippen molar-refractivity contribution in [2.24, 2.45) is 5.10 Å². The summed E-state index contributed by atoms with van der Waals surface area (Å²) in [6, 6.07) is 8.41. The van der Waals surface area contributed by atoms with Gasteiger partial charge in [-0.2, -0.15) is 5.10 Å². The number of nitrogens with zero attached hydrogens (tertiary/aromatic N) is 2. The predicted molar refractivity (Wildman–Crippen MR) is 85.5 cm³/mol. The van der Waals surface area contributed by atoms with Crippen molar-refractivity contribution in [3.63, 3.8) is 0 Å². The first-order chi connectivity index (χ1) is 11.0. The van der Waals surface area contributed by atoms with Crippen LogP contribution in [0.2, 0.25) is 0 Å². The molecule has 8 nitrogen and oxygen atoms in total. The van der Waals surface area contributed by atoms with Crippen molar-refractivity contribution in [1.82, 2.24) is 5.43 Å². The molecule has 2 N–H and O–H groups in total. The lowest BCUT2D eigenvalue weighted by molar-refractivity contribution is -0.402. The van der Waals surface area contributed by atoms with Crippen LogP contribution in [0, 0.1) is 24.0 Å². The number of nitro groups is 1. The van der Waals surface area contributed by atoms with E-state index in [0.717, 1.165) is 11.3 Å². The van der Waals surface area contributed by atoms with Crippen LogP contribution in [0.25, 0.3) is 0 Å². The summed E-state index contributed by atoms with van der Waals surface area (Å²) in [4.78, 5) is 21.4. The van der Waals surface area contributed by atoms with Crippen LogP contribution in [0.15, 0.2) is 39.9 Å². The molecule has 0 aliphatic heterocycles. The fraction of sp³-hybridized carbons (Fsp3) is 0.200. The van der Waals surface area contributed by atoms with Crippen LogP contribution in [0.5, 0.6) is 0 Å². The molecule has 0 fully saturated rings. The molecule has 0 saturated carbocycles. The Morgan fingerprint density at radius 3 is 2.74 bits per heavy atom. The van der Waals surface area contributed by atoms with Gasteiger partial charge in [0.15, 0.2) is 5.76 Å². The zero-order valence-corrected chi connectivity index (χ0v) is 12.7. The Hall–Kier alpha value is -3.16. The van der Waals surface area contributed by atoms with Gasteiger partial charge in [0.1, 0.15) is 4.92 Å². The lowest BCUT2D eigenvalue weighted by Crippen LogP contribution is -2.25. The minimum Gasteiger partial charge on any atom is -0.400 e. The highest BCUT2D eigenvalue weighted by Crippen LogP contribution is 2.14. The second kappa shape index (κ2) is 7.21. The number of hydrogen-bond acceptors (Lipinski definition) is 6. The summed E-state index contributed by atoms with van der Waals surface area (Å²) >= 11 is 0. The Labute approximate surface area is 132 Å². The van der Waals surface area contributed by atoms with Crippen molar-refractivity contribution in [1.29, 1.82) is 0 Å². The minimum atomic E-state index is -0.649. The first kappa shape index (κ1) is 16.2. The van der Waals surface area contributed by atoms with Crippen molar-refractivity contribution >= 4 is 23.7 Å². The molecule has 23 heavy (non-hydrogen) atoms. The molecular weight excluding hydrogens is 300 g/mol. The van der Waals surface area contributed by atoms with E-state index in [2.05, 4.69) is 15.8 Å². The summed E-state index contributed by atoms with van der Waals surface area (Å²) in [6.45, 7) is 4.06. The molecule has 0 aliphatic rings. The van der Waals surface area contributed by atoms with E-state index in [4.69, 9.17) is 4.42 Å². The van der Waals surface area contributed by atoms with Crippen LogP contribution in [0.1, 0.15) is 16.9 Å². The smallest absolute Gasteiger partial charge is 0.400 e. The molecule has 1 amide bonds. The van der Waals surface area contributed by atoms with Gasteiger partial charge in [0.25, 0.3) is 5.91 Å². The highest BCUT2D eigenvalue weighted by Gasteiger charge is 2.10. The standard InChI is InChI=1S/C15H16N4O4/c1-10-3-4-12(7-11(10)2)16-9-14(20)18-17-8-13-5-6-15(23-13)19(21)22/h3-8,16H,9H2,1-2H3,(H,18,20)/b17-8-. The number of benzene rings is 1. The molecule has 2 rings (SSSR count). The number of furan rings is 1. The molecule has 8 heteroatoms. The van der Waals surface area contributed by atoms with Crippen LogP contribution < -0.4 is 10.7 Å². The number of anilines is 1. The van der Waals surface area contributed by atoms with E-state index in [-0.39, 0.29) is 24.1 Å². The van der Waals surface area contributed by atoms with E-state index in [0.29, 0.717) is 0 Å². The fourth-order valence-corrected chi connectivity index (χ4v) is 1.75. The topological polar surface area (TPSA) is 110 Å². The van der Waals surface area contributed by atoms with E-state index in [1.807, 2.05) is 32.0 Å². The molecule has 0 atom stereocenters. The molecule has 120 valence electrons. The minimum absolute atomic E-state index is 0.0537. The number of amides is 1.